The Morgan fingerprint density at radius 2 is 1.70 bits per heavy atom. The fraction of sp³-hybridized carbons (Fsp3) is 0.0625. The number of alkyl halides is 3. The highest BCUT2D eigenvalue weighted by Gasteiger charge is 2.31. The van der Waals surface area contributed by atoms with Gasteiger partial charge in [-0.1, -0.05) is 23.2 Å². The zero-order valence-corrected chi connectivity index (χ0v) is 16.8. The third-order valence-corrected chi connectivity index (χ3v) is 5.91. The minimum Gasteiger partial charge on any atom is -0.367 e. The molecular weight excluding hydrogens is 468 g/mol. The molecule has 1 aromatic heterocycles. The van der Waals surface area contributed by atoms with E-state index in [1.165, 1.54) is 12.1 Å². The van der Waals surface area contributed by atoms with Crippen LogP contribution in [0.5, 0.6) is 0 Å². The maximum Gasteiger partial charge on any atom is 0.416 e. The molecule has 2 aromatic carbocycles. The van der Waals surface area contributed by atoms with Crippen LogP contribution >= 0.6 is 23.2 Å². The van der Waals surface area contributed by atoms with Crippen molar-refractivity contribution in [3.8, 4) is 6.07 Å². The van der Waals surface area contributed by atoms with Crippen molar-refractivity contribution >= 4 is 50.8 Å². The third kappa shape index (κ3) is 4.13. The molecule has 3 aromatic rings. The van der Waals surface area contributed by atoms with E-state index in [2.05, 4.69) is 15.4 Å². The van der Waals surface area contributed by atoms with Crippen LogP contribution in [0.15, 0.2) is 41.3 Å². The number of anilines is 3. The van der Waals surface area contributed by atoms with E-state index in [4.69, 9.17) is 34.2 Å². The minimum absolute atomic E-state index is 0.0391. The zero-order valence-electron chi connectivity index (χ0n) is 14.4. The average Bonchev–Trinajstić information content (AvgIpc) is 3.02. The number of aromatic nitrogens is 3. The molecule has 14 heteroatoms. The molecule has 0 aliphatic heterocycles. The van der Waals surface area contributed by atoms with Gasteiger partial charge in [0.25, 0.3) is 10.0 Å². The van der Waals surface area contributed by atoms with E-state index >= 15 is 0 Å². The number of nitrogens with one attached hydrogen (secondary N) is 1. The van der Waals surface area contributed by atoms with Gasteiger partial charge in [-0.05, 0) is 36.4 Å². The zero-order chi connectivity index (χ0) is 22.3. The largest absolute Gasteiger partial charge is 0.416 e. The van der Waals surface area contributed by atoms with E-state index in [9.17, 15) is 21.6 Å². The summed E-state index contributed by atoms with van der Waals surface area (Å²) >= 11 is 11.9. The smallest absolute Gasteiger partial charge is 0.367 e. The van der Waals surface area contributed by atoms with E-state index in [1.807, 2.05) is 6.07 Å². The third-order valence-electron chi connectivity index (χ3n) is 3.72. The highest BCUT2D eigenvalue weighted by Crippen LogP contribution is 2.31. The lowest BCUT2D eigenvalue weighted by atomic mass is 10.2. The van der Waals surface area contributed by atoms with Crippen molar-refractivity contribution in [2.24, 2.45) is 0 Å². The van der Waals surface area contributed by atoms with Crippen LogP contribution in [-0.2, 0) is 16.2 Å². The Labute approximate surface area is 177 Å². The Hall–Kier alpha value is -3.01. The van der Waals surface area contributed by atoms with Gasteiger partial charge in [0, 0.05) is 5.69 Å². The molecule has 8 nitrogen and oxygen atoms in total. The van der Waals surface area contributed by atoms with E-state index < -0.39 is 32.6 Å². The second kappa shape index (κ2) is 7.67. The molecule has 0 amide bonds. The van der Waals surface area contributed by atoms with Gasteiger partial charge >= 0.3 is 6.18 Å². The molecule has 0 radical (unpaired) electrons. The Balaban J connectivity index is 1.93. The van der Waals surface area contributed by atoms with Crippen LogP contribution in [0.3, 0.4) is 0 Å². The minimum atomic E-state index is -4.62. The van der Waals surface area contributed by atoms with Gasteiger partial charge in [0.1, 0.15) is 6.07 Å². The average molecular weight is 477 g/mol. The lowest BCUT2D eigenvalue weighted by Gasteiger charge is -2.08. The first kappa shape index (κ1) is 21.7. The van der Waals surface area contributed by atoms with E-state index in [-0.39, 0.29) is 27.2 Å². The second-order valence-electron chi connectivity index (χ2n) is 5.72. The Kier molecular flexibility index (Phi) is 5.55. The van der Waals surface area contributed by atoms with Crippen LogP contribution in [0.4, 0.5) is 30.8 Å². The number of nitrogens with zero attached hydrogens (tertiary/aromatic N) is 4. The monoisotopic (exact) mass is 476 g/mol. The number of nitrogens with two attached hydrogens (primary N) is 1. The predicted octanol–water partition coefficient (Wildman–Crippen LogP) is 4.04. The summed E-state index contributed by atoms with van der Waals surface area (Å²) < 4.78 is 63.7. The molecule has 0 bridgehead atoms. The van der Waals surface area contributed by atoms with Gasteiger partial charge in [-0.25, -0.2) is 0 Å². The van der Waals surface area contributed by atoms with Gasteiger partial charge in [-0.15, -0.1) is 9.19 Å². The molecule has 0 saturated heterocycles. The molecule has 0 unspecified atom stereocenters. The summed E-state index contributed by atoms with van der Waals surface area (Å²) in [4.78, 5) is 3.30. The lowest BCUT2D eigenvalue weighted by Crippen LogP contribution is -2.17. The molecule has 1 heterocycles. The van der Waals surface area contributed by atoms with Gasteiger partial charge in [-0.2, -0.15) is 31.8 Å². The molecule has 3 rings (SSSR count). The van der Waals surface area contributed by atoms with Crippen LogP contribution in [0.2, 0.25) is 10.0 Å². The van der Waals surface area contributed by atoms with Crippen molar-refractivity contribution in [2.75, 3.05) is 11.1 Å². The molecule has 0 atom stereocenters. The molecular formula is C16H9Cl2F3N6O2S. The second-order valence-corrected chi connectivity index (χ2v) is 8.30. The number of halogens is 5. The molecule has 0 spiro atoms. The SMILES string of the molecule is N#Cc1c(Cl)cc(Nc2nc(N)n(S(=O)(=O)c3ccc(C(F)(F)F)cc3)n2)cc1Cl. The predicted molar refractivity (Wildman–Crippen MR) is 103 cm³/mol. The van der Waals surface area contributed by atoms with E-state index in [0.29, 0.717) is 16.2 Å². The van der Waals surface area contributed by atoms with E-state index in [1.54, 1.807) is 0 Å². The van der Waals surface area contributed by atoms with Crippen LogP contribution in [0, 0.1) is 11.3 Å². The van der Waals surface area contributed by atoms with Crippen LogP contribution < -0.4 is 11.1 Å². The highest BCUT2D eigenvalue weighted by atomic mass is 35.5. The molecule has 0 fully saturated rings. The van der Waals surface area contributed by atoms with Crippen LogP contribution in [-0.4, -0.2) is 22.6 Å². The first-order valence-corrected chi connectivity index (χ1v) is 9.94. The normalized spacial score (nSPS) is 11.9. The number of hydrogen-bond acceptors (Lipinski definition) is 7. The van der Waals surface area contributed by atoms with Crippen molar-refractivity contribution in [3.05, 3.63) is 57.6 Å². The molecule has 0 saturated carbocycles. The topological polar surface area (TPSA) is 127 Å². The van der Waals surface area contributed by atoms with Gasteiger partial charge in [0.2, 0.25) is 11.9 Å². The summed E-state index contributed by atoms with van der Waals surface area (Å²) in [5, 5.41) is 15.4. The number of rotatable bonds is 4. The van der Waals surface area contributed by atoms with Crippen LogP contribution in [0.1, 0.15) is 11.1 Å². The summed E-state index contributed by atoms with van der Waals surface area (Å²) in [6, 6.07) is 7.32. The molecule has 30 heavy (non-hydrogen) atoms. The van der Waals surface area contributed by atoms with Crippen molar-refractivity contribution in [1.82, 2.24) is 14.2 Å². The van der Waals surface area contributed by atoms with Gasteiger partial charge in [0.05, 0.1) is 26.1 Å². The first-order valence-electron chi connectivity index (χ1n) is 7.75. The maximum atomic E-state index is 12.7. The number of benzene rings is 2. The van der Waals surface area contributed by atoms with Gasteiger partial charge < -0.3 is 11.1 Å². The summed E-state index contributed by atoms with van der Waals surface area (Å²) in [5.41, 5.74) is 4.90. The van der Waals surface area contributed by atoms with Crippen molar-refractivity contribution in [1.29, 1.82) is 5.26 Å². The Morgan fingerprint density at radius 1 is 1.13 bits per heavy atom. The number of nitrogen functional groups attached to an aromatic ring is 1. The van der Waals surface area contributed by atoms with Crippen molar-refractivity contribution in [2.45, 2.75) is 11.1 Å². The summed E-state index contributed by atoms with van der Waals surface area (Å²) in [5.74, 6) is -0.789. The number of hydrogen-bond donors (Lipinski definition) is 2. The molecule has 0 aliphatic rings. The quantitative estimate of drug-likeness (QED) is 0.581. The fourth-order valence-electron chi connectivity index (χ4n) is 2.34. The number of nitriles is 1. The lowest BCUT2D eigenvalue weighted by molar-refractivity contribution is -0.137. The Bertz CT molecular complexity index is 1240. The maximum absolute atomic E-state index is 12.7. The highest BCUT2D eigenvalue weighted by molar-refractivity contribution is 7.90. The summed E-state index contributed by atoms with van der Waals surface area (Å²) in [7, 11) is -4.41. The fourth-order valence-corrected chi connectivity index (χ4v) is 4.06. The molecule has 0 aliphatic carbocycles. The molecule has 156 valence electrons. The van der Waals surface area contributed by atoms with Gasteiger partial charge in [-0.3, -0.25) is 0 Å². The van der Waals surface area contributed by atoms with Crippen molar-refractivity contribution < 1.29 is 21.6 Å². The van der Waals surface area contributed by atoms with Crippen molar-refractivity contribution in [3.63, 3.8) is 0 Å². The van der Waals surface area contributed by atoms with Gasteiger partial charge in [0.15, 0.2) is 0 Å². The summed E-state index contributed by atoms with van der Waals surface area (Å²) in [6.07, 6.45) is -4.62. The molecule has 3 N–H and O–H groups in total. The standard InChI is InChI=1S/C16H9Cl2F3N6O2S/c17-12-5-9(6-13(18)11(12)7-22)24-15-25-14(23)27(26-15)30(28,29)10-3-1-8(2-4-10)16(19,20)21/h1-6H,(H3,23,24,25,26). The van der Waals surface area contributed by atoms with E-state index in [0.717, 1.165) is 12.1 Å². The van der Waals surface area contributed by atoms with Crippen LogP contribution in [0.25, 0.3) is 0 Å². The first-order chi connectivity index (χ1) is 13.9. The summed E-state index contributed by atoms with van der Waals surface area (Å²) in [6.45, 7) is 0. The Morgan fingerprint density at radius 3 is 2.20 bits per heavy atom.